The highest BCUT2D eigenvalue weighted by Gasteiger charge is 2.42. The normalized spacial score (nSPS) is 22.4. The lowest BCUT2D eigenvalue weighted by molar-refractivity contribution is -0.176. The molecule has 1 aliphatic rings. The van der Waals surface area contributed by atoms with Crippen LogP contribution in [0.3, 0.4) is 0 Å². The number of nitrogens with two attached hydrogens (primary N) is 1. The summed E-state index contributed by atoms with van der Waals surface area (Å²) in [6, 6.07) is 3.34. The van der Waals surface area contributed by atoms with Gasteiger partial charge in [-0.3, -0.25) is 0 Å². The van der Waals surface area contributed by atoms with Crippen molar-refractivity contribution < 1.29 is 13.2 Å². The SMILES string of the molecule is C[C@H](N)c1cccnc1N1CCCC(C(F)(F)F)C1. The number of hydrogen-bond acceptors (Lipinski definition) is 3. The van der Waals surface area contributed by atoms with Gasteiger partial charge in [-0.15, -0.1) is 0 Å². The van der Waals surface area contributed by atoms with Crippen LogP contribution in [0.15, 0.2) is 18.3 Å². The summed E-state index contributed by atoms with van der Waals surface area (Å²) in [6.45, 7) is 2.38. The standard InChI is InChI=1S/C13H18F3N3/c1-9(17)11-5-2-6-18-12(11)19-7-3-4-10(8-19)13(14,15)16/h2,5-6,9-10H,3-4,7-8,17H2,1H3/t9-,10?/m0/s1. The fraction of sp³-hybridized carbons (Fsp3) is 0.615. The van der Waals surface area contributed by atoms with Gasteiger partial charge in [0.1, 0.15) is 5.82 Å². The smallest absolute Gasteiger partial charge is 0.356 e. The van der Waals surface area contributed by atoms with E-state index in [9.17, 15) is 13.2 Å². The minimum absolute atomic E-state index is 0.0275. The first-order valence-electron chi connectivity index (χ1n) is 6.41. The highest BCUT2D eigenvalue weighted by molar-refractivity contribution is 5.48. The molecule has 0 spiro atoms. The van der Waals surface area contributed by atoms with Gasteiger partial charge >= 0.3 is 6.18 Å². The molecule has 1 fully saturated rings. The molecule has 1 aromatic rings. The van der Waals surface area contributed by atoms with Crippen LogP contribution in [0.25, 0.3) is 0 Å². The molecule has 0 bridgehead atoms. The molecule has 106 valence electrons. The summed E-state index contributed by atoms with van der Waals surface area (Å²) in [7, 11) is 0. The van der Waals surface area contributed by atoms with Crippen molar-refractivity contribution in [2.24, 2.45) is 11.7 Å². The number of alkyl halides is 3. The average Bonchev–Trinajstić information content (AvgIpc) is 2.38. The van der Waals surface area contributed by atoms with E-state index in [0.29, 0.717) is 18.8 Å². The van der Waals surface area contributed by atoms with Crippen molar-refractivity contribution in [2.75, 3.05) is 18.0 Å². The minimum Gasteiger partial charge on any atom is -0.356 e. The maximum Gasteiger partial charge on any atom is 0.393 e. The molecule has 0 saturated carbocycles. The molecule has 2 heterocycles. The van der Waals surface area contributed by atoms with Crippen molar-refractivity contribution >= 4 is 5.82 Å². The Morgan fingerprint density at radius 3 is 2.84 bits per heavy atom. The van der Waals surface area contributed by atoms with Gasteiger partial charge in [0.05, 0.1) is 5.92 Å². The Kier molecular flexibility index (Phi) is 3.99. The summed E-state index contributed by atoms with van der Waals surface area (Å²) in [5, 5.41) is 0. The molecule has 0 aliphatic carbocycles. The Labute approximate surface area is 110 Å². The van der Waals surface area contributed by atoms with Crippen LogP contribution < -0.4 is 10.6 Å². The van der Waals surface area contributed by atoms with Crippen LogP contribution in [-0.2, 0) is 0 Å². The lowest BCUT2D eigenvalue weighted by atomic mass is 9.96. The van der Waals surface area contributed by atoms with Gasteiger partial charge < -0.3 is 10.6 Å². The molecule has 3 nitrogen and oxygen atoms in total. The number of anilines is 1. The van der Waals surface area contributed by atoms with Gasteiger partial charge in [-0.1, -0.05) is 6.07 Å². The van der Waals surface area contributed by atoms with Gasteiger partial charge in [0.25, 0.3) is 0 Å². The summed E-state index contributed by atoms with van der Waals surface area (Å²) in [5.74, 6) is -0.685. The van der Waals surface area contributed by atoms with Gasteiger partial charge in [-0.05, 0) is 25.8 Å². The Balaban J connectivity index is 2.22. The van der Waals surface area contributed by atoms with Gasteiger partial charge in [-0.25, -0.2) is 4.98 Å². The molecule has 0 amide bonds. The van der Waals surface area contributed by atoms with E-state index in [2.05, 4.69) is 4.98 Å². The Morgan fingerprint density at radius 2 is 2.21 bits per heavy atom. The first-order chi connectivity index (χ1) is 8.89. The second-order valence-corrected chi connectivity index (χ2v) is 5.03. The van der Waals surface area contributed by atoms with Gasteiger partial charge in [-0.2, -0.15) is 13.2 Å². The topological polar surface area (TPSA) is 42.1 Å². The van der Waals surface area contributed by atoms with E-state index in [1.54, 1.807) is 17.2 Å². The largest absolute Gasteiger partial charge is 0.393 e. The van der Waals surface area contributed by atoms with Crippen molar-refractivity contribution in [3.8, 4) is 0 Å². The Hall–Kier alpha value is -1.30. The first kappa shape index (κ1) is 14.1. The van der Waals surface area contributed by atoms with Gasteiger partial charge in [0.2, 0.25) is 0 Å². The van der Waals surface area contributed by atoms with E-state index >= 15 is 0 Å². The highest BCUT2D eigenvalue weighted by atomic mass is 19.4. The van der Waals surface area contributed by atoms with Crippen LogP contribution in [-0.4, -0.2) is 24.2 Å². The molecule has 2 atom stereocenters. The molecule has 19 heavy (non-hydrogen) atoms. The second-order valence-electron chi connectivity index (χ2n) is 5.03. The zero-order valence-electron chi connectivity index (χ0n) is 10.8. The van der Waals surface area contributed by atoms with E-state index in [4.69, 9.17) is 5.73 Å². The van der Waals surface area contributed by atoms with E-state index in [1.807, 2.05) is 13.0 Å². The minimum atomic E-state index is -4.14. The van der Waals surface area contributed by atoms with Crippen LogP contribution in [0.4, 0.5) is 19.0 Å². The monoisotopic (exact) mass is 273 g/mol. The second kappa shape index (κ2) is 5.36. The molecule has 6 heteroatoms. The molecule has 2 N–H and O–H groups in total. The van der Waals surface area contributed by atoms with Crippen LogP contribution in [0.5, 0.6) is 0 Å². The number of hydrogen-bond donors (Lipinski definition) is 1. The summed E-state index contributed by atoms with van der Waals surface area (Å²) in [4.78, 5) is 5.93. The number of pyridine rings is 1. The molecule has 1 unspecified atom stereocenters. The maximum atomic E-state index is 12.8. The van der Waals surface area contributed by atoms with Crippen molar-refractivity contribution in [3.05, 3.63) is 23.9 Å². The molecule has 1 aliphatic heterocycles. The third-order valence-corrected chi connectivity index (χ3v) is 3.49. The number of piperidine rings is 1. The highest BCUT2D eigenvalue weighted by Crippen LogP contribution is 2.35. The number of halogens is 3. The lowest BCUT2D eigenvalue weighted by Crippen LogP contribution is -2.42. The third-order valence-electron chi connectivity index (χ3n) is 3.49. The lowest BCUT2D eigenvalue weighted by Gasteiger charge is -2.35. The van der Waals surface area contributed by atoms with Crippen LogP contribution >= 0.6 is 0 Å². The Morgan fingerprint density at radius 1 is 1.47 bits per heavy atom. The van der Waals surface area contributed by atoms with E-state index in [1.165, 1.54) is 0 Å². The van der Waals surface area contributed by atoms with Crippen molar-refractivity contribution in [1.29, 1.82) is 0 Å². The molecule has 2 rings (SSSR count). The maximum absolute atomic E-state index is 12.8. The third kappa shape index (κ3) is 3.18. The predicted octanol–water partition coefficient (Wildman–Crippen LogP) is 2.88. The average molecular weight is 273 g/mol. The molecular formula is C13H18F3N3. The van der Waals surface area contributed by atoms with Crippen LogP contribution in [0.1, 0.15) is 31.4 Å². The van der Waals surface area contributed by atoms with Crippen molar-refractivity contribution in [2.45, 2.75) is 32.0 Å². The number of rotatable bonds is 2. The zero-order valence-corrected chi connectivity index (χ0v) is 10.8. The van der Waals surface area contributed by atoms with E-state index < -0.39 is 12.1 Å². The summed E-state index contributed by atoms with van der Waals surface area (Å²) >= 11 is 0. The number of nitrogens with zero attached hydrogens (tertiary/aromatic N) is 2. The summed E-state index contributed by atoms with van der Waals surface area (Å²) in [5.41, 5.74) is 6.65. The van der Waals surface area contributed by atoms with E-state index in [0.717, 1.165) is 5.56 Å². The van der Waals surface area contributed by atoms with Gasteiger partial charge in [0.15, 0.2) is 0 Å². The van der Waals surface area contributed by atoms with Crippen molar-refractivity contribution in [3.63, 3.8) is 0 Å². The van der Waals surface area contributed by atoms with Crippen LogP contribution in [0, 0.1) is 5.92 Å². The fourth-order valence-corrected chi connectivity index (χ4v) is 2.47. The number of aromatic nitrogens is 1. The first-order valence-corrected chi connectivity index (χ1v) is 6.41. The molecule has 1 saturated heterocycles. The summed E-state index contributed by atoms with van der Waals surface area (Å²) < 4.78 is 38.5. The predicted molar refractivity (Wildman–Crippen MR) is 67.8 cm³/mol. The van der Waals surface area contributed by atoms with Crippen molar-refractivity contribution in [1.82, 2.24) is 4.98 Å². The molecule has 0 aromatic carbocycles. The van der Waals surface area contributed by atoms with E-state index in [-0.39, 0.29) is 19.0 Å². The zero-order chi connectivity index (χ0) is 14.0. The molecule has 1 aromatic heterocycles. The van der Waals surface area contributed by atoms with Gasteiger partial charge in [0, 0.05) is 30.9 Å². The summed E-state index contributed by atoms with van der Waals surface area (Å²) in [6.07, 6.45) is -1.82. The molecule has 0 radical (unpaired) electrons. The quantitative estimate of drug-likeness (QED) is 0.901. The fourth-order valence-electron chi connectivity index (χ4n) is 2.47. The van der Waals surface area contributed by atoms with Crippen LogP contribution in [0.2, 0.25) is 0 Å². The Bertz CT molecular complexity index is 431. The molecular weight excluding hydrogens is 255 g/mol.